The van der Waals surface area contributed by atoms with Crippen molar-refractivity contribution in [3.05, 3.63) is 71.8 Å². The van der Waals surface area contributed by atoms with Crippen LogP contribution in [0, 0.1) is 19.8 Å². The molecule has 0 amide bonds. The Kier molecular flexibility index (Phi) is 5.35. The number of aromatic nitrogens is 3. The second-order valence-electron chi connectivity index (χ2n) is 7.78. The molecule has 0 spiro atoms. The Morgan fingerprint density at radius 3 is 2.63 bits per heavy atom. The highest BCUT2D eigenvalue weighted by Gasteiger charge is 2.21. The SMILES string of the molecule is Cc1cccc(CN2CCC(Cn3c(C)cnc3-c3cccnc3)CC2)c1. The Morgan fingerprint density at radius 2 is 1.89 bits per heavy atom. The van der Waals surface area contributed by atoms with Gasteiger partial charge in [0.1, 0.15) is 5.82 Å². The summed E-state index contributed by atoms with van der Waals surface area (Å²) in [6, 6.07) is 13.0. The second-order valence-corrected chi connectivity index (χ2v) is 7.78. The average molecular weight is 361 g/mol. The molecule has 0 unspecified atom stereocenters. The van der Waals surface area contributed by atoms with E-state index in [0.717, 1.165) is 24.5 Å². The third kappa shape index (κ3) is 4.28. The van der Waals surface area contributed by atoms with Crippen molar-refractivity contribution in [2.45, 2.75) is 39.8 Å². The maximum Gasteiger partial charge on any atom is 0.141 e. The van der Waals surface area contributed by atoms with Crippen molar-refractivity contribution >= 4 is 0 Å². The number of pyridine rings is 1. The summed E-state index contributed by atoms with van der Waals surface area (Å²) in [6.45, 7) is 8.79. The fourth-order valence-corrected chi connectivity index (χ4v) is 4.07. The van der Waals surface area contributed by atoms with E-state index in [4.69, 9.17) is 0 Å². The van der Waals surface area contributed by atoms with Gasteiger partial charge < -0.3 is 4.57 Å². The van der Waals surface area contributed by atoms with Crippen LogP contribution in [-0.4, -0.2) is 32.5 Å². The first-order chi connectivity index (χ1) is 13.2. The second kappa shape index (κ2) is 8.05. The van der Waals surface area contributed by atoms with Gasteiger partial charge in [0.05, 0.1) is 0 Å². The topological polar surface area (TPSA) is 34.0 Å². The van der Waals surface area contributed by atoms with E-state index in [9.17, 15) is 0 Å². The summed E-state index contributed by atoms with van der Waals surface area (Å²) in [5.41, 5.74) is 5.11. The minimum atomic E-state index is 0.710. The fourth-order valence-electron chi connectivity index (χ4n) is 4.07. The Labute approximate surface area is 161 Å². The summed E-state index contributed by atoms with van der Waals surface area (Å²) >= 11 is 0. The molecule has 0 saturated carbocycles. The van der Waals surface area contributed by atoms with Gasteiger partial charge in [-0.25, -0.2) is 4.98 Å². The molecule has 3 aromatic rings. The molecular weight excluding hydrogens is 332 g/mol. The van der Waals surface area contributed by atoms with E-state index >= 15 is 0 Å². The quantitative estimate of drug-likeness (QED) is 0.673. The number of imidazole rings is 1. The summed E-state index contributed by atoms with van der Waals surface area (Å²) in [7, 11) is 0. The van der Waals surface area contributed by atoms with Gasteiger partial charge >= 0.3 is 0 Å². The zero-order valence-electron chi connectivity index (χ0n) is 16.3. The average Bonchev–Trinajstić information content (AvgIpc) is 3.05. The molecule has 2 aromatic heterocycles. The molecule has 4 rings (SSSR count). The van der Waals surface area contributed by atoms with Crippen LogP contribution in [0.25, 0.3) is 11.4 Å². The van der Waals surface area contributed by atoms with Crippen molar-refractivity contribution in [1.82, 2.24) is 19.4 Å². The van der Waals surface area contributed by atoms with E-state index in [0.29, 0.717) is 5.92 Å². The van der Waals surface area contributed by atoms with Crippen molar-refractivity contribution < 1.29 is 0 Å². The van der Waals surface area contributed by atoms with E-state index in [1.165, 1.54) is 42.8 Å². The lowest BCUT2D eigenvalue weighted by molar-refractivity contribution is 0.167. The molecule has 1 saturated heterocycles. The molecule has 0 N–H and O–H groups in total. The summed E-state index contributed by atoms with van der Waals surface area (Å²) in [4.78, 5) is 11.5. The molecule has 1 fully saturated rings. The minimum absolute atomic E-state index is 0.710. The Bertz CT molecular complexity index is 876. The van der Waals surface area contributed by atoms with E-state index < -0.39 is 0 Å². The molecule has 3 heterocycles. The molecule has 4 heteroatoms. The number of hydrogen-bond donors (Lipinski definition) is 0. The van der Waals surface area contributed by atoms with Crippen LogP contribution in [0.2, 0.25) is 0 Å². The van der Waals surface area contributed by atoms with Gasteiger partial charge in [0.25, 0.3) is 0 Å². The highest BCUT2D eigenvalue weighted by atomic mass is 15.1. The molecule has 0 bridgehead atoms. The van der Waals surface area contributed by atoms with Gasteiger partial charge in [0.2, 0.25) is 0 Å². The molecule has 1 aromatic carbocycles. The number of rotatable bonds is 5. The molecule has 1 aliphatic heterocycles. The van der Waals surface area contributed by atoms with Crippen LogP contribution in [-0.2, 0) is 13.1 Å². The number of hydrogen-bond acceptors (Lipinski definition) is 3. The van der Waals surface area contributed by atoms with E-state index in [1.807, 2.05) is 24.7 Å². The summed E-state index contributed by atoms with van der Waals surface area (Å²) in [5.74, 6) is 1.75. The molecule has 0 aliphatic carbocycles. The van der Waals surface area contributed by atoms with Crippen LogP contribution in [0.3, 0.4) is 0 Å². The van der Waals surface area contributed by atoms with Crippen molar-refractivity contribution in [3.63, 3.8) is 0 Å². The molecule has 140 valence electrons. The lowest BCUT2D eigenvalue weighted by Gasteiger charge is -2.32. The van der Waals surface area contributed by atoms with E-state index in [-0.39, 0.29) is 0 Å². The van der Waals surface area contributed by atoms with Gasteiger partial charge in [-0.15, -0.1) is 0 Å². The number of likely N-dealkylation sites (tertiary alicyclic amines) is 1. The zero-order valence-corrected chi connectivity index (χ0v) is 16.3. The van der Waals surface area contributed by atoms with Crippen LogP contribution >= 0.6 is 0 Å². The first kappa shape index (κ1) is 17.9. The normalized spacial score (nSPS) is 15.9. The molecule has 0 atom stereocenters. The Balaban J connectivity index is 1.38. The smallest absolute Gasteiger partial charge is 0.141 e. The van der Waals surface area contributed by atoms with Crippen LogP contribution < -0.4 is 0 Å². The van der Waals surface area contributed by atoms with Gasteiger partial charge in [-0.2, -0.15) is 0 Å². The van der Waals surface area contributed by atoms with Crippen LogP contribution in [0.4, 0.5) is 0 Å². The van der Waals surface area contributed by atoms with Gasteiger partial charge in [0, 0.05) is 42.9 Å². The predicted molar refractivity (Wildman–Crippen MR) is 109 cm³/mol. The first-order valence-electron chi connectivity index (χ1n) is 9.89. The number of aryl methyl sites for hydroxylation is 2. The Hall–Kier alpha value is -2.46. The summed E-state index contributed by atoms with van der Waals surface area (Å²) in [6.07, 6.45) is 8.19. The summed E-state index contributed by atoms with van der Waals surface area (Å²) in [5, 5.41) is 0. The Morgan fingerprint density at radius 1 is 1.04 bits per heavy atom. The molecule has 27 heavy (non-hydrogen) atoms. The monoisotopic (exact) mass is 360 g/mol. The first-order valence-corrected chi connectivity index (χ1v) is 9.89. The number of nitrogens with zero attached hydrogens (tertiary/aromatic N) is 4. The lowest BCUT2D eigenvalue weighted by atomic mass is 9.96. The number of piperidine rings is 1. The third-order valence-electron chi connectivity index (χ3n) is 5.61. The van der Waals surface area contributed by atoms with Gasteiger partial charge in [-0.3, -0.25) is 9.88 Å². The van der Waals surface area contributed by atoms with Crippen molar-refractivity contribution in [2.24, 2.45) is 5.92 Å². The van der Waals surface area contributed by atoms with E-state index in [1.54, 1.807) is 0 Å². The van der Waals surface area contributed by atoms with Crippen molar-refractivity contribution in [3.8, 4) is 11.4 Å². The third-order valence-corrected chi connectivity index (χ3v) is 5.61. The largest absolute Gasteiger partial charge is 0.328 e. The van der Waals surface area contributed by atoms with Crippen LogP contribution in [0.15, 0.2) is 55.0 Å². The lowest BCUT2D eigenvalue weighted by Crippen LogP contribution is -2.34. The van der Waals surface area contributed by atoms with E-state index in [2.05, 4.69) is 63.6 Å². The predicted octanol–water partition coefficient (Wildman–Crippen LogP) is 4.47. The van der Waals surface area contributed by atoms with Gasteiger partial charge in [-0.1, -0.05) is 29.8 Å². The maximum absolute atomic E-state index is 4.64. The highest BCUT2D eigenvalue weighted by Crippen LogP contribution is 2.25. The summed E-state index contributed by atoms with van der Waals surface area (Å²) < 4.78 is 2.37. The zero-order chi connectivity index (χ0) is 18.6. The number of benzene rings is 1. The molecular formula is C23H28N4. The van der Waals surface area contributed by atoms with Crippen molar-refractivity contribution in [2.75, 3.05) is 13.1 Å². The van der Waals surface area contributed by atoms with Crippen LogP contribution in [0.5, 0.6) is 0 Å². The van der Waals surface area contributed by atoms with Crippen LogP contribution in [0.1, 0.15) is 29.7 Å². The van der Waals surface area contributed by atoms with Gasteiger partial charge in [0.15, 0.2) is 0 Å². The maximum atomic E-state index is 4.64. The minimum Gasteiger partial charge on any atom is -0.328 e. The fraction of sp³-hybridized carbons (Fsp3) is 0.391. The van der Waals surface area contributed by atoms with Gasteiger partial charge in [-0.05, 0) is 63.4 Å². The molecule has 1 aliphatic rings. The highest BCUT2D eigenvalue weighted by molar-refractivity contribution is 5.54. The van der Waals surface area contributed by atoms with Crippen molar-refractivity contribution in [1.29, 1.82) is 0 Å². The standard InChI is InChI=1S/C23H28N4/c1-18-5-3-6-21(13-18)16-26-11-8-20(9-12-26)17-27-19(2)14-25-23(27)22-7-4-10-24-15-22/h3-7,10,13-15,20H,8-9,11-12,16-17H2,1-2H3. The molecule has 4 nitrogen and oxygen atoms in total. The molecule has 0 radical (unpaired) electrons.